The van der Waals surface area contributed by atoms with Crippen LogP contribution in [0.25, 0.3) is 0 Å². The highest BCUT2D eigenvalue weighted by Crippen LogP contribution is 2.27. The Morgan fingerprint density at radius 3 is 2.10 bits per heavy atom. The topological polar surface area (TPSA) is 89.3 Å². The minimum Gasteiger partial charge on any atom is -0.326 e. The molecule has 0 radical (unpaired) electrons. The highest BCUT2D eigenvalue weighted by atomic mass is 35.5. The van der Waals surface area contributed by atoms with Crippen LogP contribution in [0.15, 0.2) is 65.6 Å². The van der Waals surface area contributed by atoms with Crippen molar-refractivity contribution < 1.29 is 13.2 Å². The summed E-state index contributed by atoms with van der Waals surface area (Å²) < 4.78 is 22.6. The third kappa shape index (κ3) is 5.97. The molecule has 3 aromatic rings. The van der Waals surface area contributed by atoms with Crippen LogP contribution < -0.4 is 10.5 Å². The molecule has 3 N–H and O–H groups in total. The molecule has 0 fully saturated rings. The number of nitrogens with two attached hydrogens (primary N) is 1. The summed E-state index contributed by atoms with van der Waals surface area (Å²) in [6.45, 7) is 0. The number of carbonyl (C=O) groups is 1. The molecule has 0 atom stereocenters. The predicted molar refractivity (Wildman–Crippen MR) is 121 cm³/mol. The lowest BCUT2D eigenvalue weighted by Gasteiger charge is -2.10. The lowest BCUT2D eigenvalue weighted by Crippen LogP contribution is -2.15. The lowest BCUT2D eigenvalue weighted by atomic mass is 10.0. The predicted octanol–water partition coefficient (Wildman–Crippen LogP) is 5.07. The number of benzene rings is 3. The van der Waals surface area contributed by atoms with Crippen molar-refractivity contribution in [3.8, 4) is 0 Å². The fraction of sp³-hybridized carbons (Fsp3) is 0.0952. The standard InChI is InChI=1S/C21H17Cl3N2O3S/c22-16-2-8-20(24)15(12-16)11-14-9-13(1-7-19(14)23)10-21(27)26-17-3-5-18(6-4-17)30(25,28)29/h1-9,12H,10-11H2,(H,26,27)(H2,25,28,29). The Morgan fingerprint density at radius 1 is 0.867 bits per heavy atom. The third-order valence-corrected chi connectivity index (χ3v) is 6.23. The van der Waals surface area contributed by atoms with E-state index in [9.17, 15) is 13.2 Å². The van der Waals surface area contributed by atoms with Gasteiger partial charge in [-0.2, -0.15) is 0 Å². The summed E-state index contributed by atoms with van der Waals surface area (Å²) in [4.78, 5) is 12.4. The van der Waals surface area contributed by atoms with Crippen LogP contribution in [0.4, 0.5) is 5.69 Å². The van der Waals surface area contributed by atoms with E-state index in [-0.39, 0.29) is 17.2 Å². The number of hydrogen-bond donors (Lipinski definition) is 2. The molecule has 0 spiro atoms. The van der Waals surface area contributed by atoms with Gasteiger partial charge in [0.05, 0.1) is 11.3 Å². The van der Waals surface area contributed by atoms with Gasteiger partial charge in [0.2, 0.25) is 15.9 Å². The maximum absolute atomic E-state index is 12.4. The normalized spacial score (nSPS) is 11.3. The Morgan fingerprint density at radius 2 is 1.47 bits per heavy atom. The maximum Gasteiger partial charge on any atom is 0.238 e. The molecule has 3 rings (SSSR count). The third-order valence-electron chi connectivity index (χ3n) is 4.33. The number of primary sulfonamides is 1. The second-order valence-corrected chi connectivity index (χ2v) is 9.44. The highest BCUT2D eigenvalue weighted by Gasteiger charge is 2.11. The van der Waals surface area contributed by atoms with Gasteiger partial charge in [0.25, 0.3) is 0 Å². The number of anilines is 1. The minimum absolute atomic E-state index is 0.0254. The molecule has 0 aliphatic rings. The van der Waals surface area contributed by atoms with E-state index in [1.165, 1.54) is 24.3 Å². The van der Waals surface area contributed by atoms with Gasteiger partial charge in [0.15, 0.2) is 0 Å². The van der Waals surface area contributed by atoms with Crippen molar-refractivity contribution in [1.82, 2.24) is 0 Å². The van der Waals surface area contributed by atoms with Gasteiger partial charge in [0, 0.05) is 27.2 Å². The molecule has 0 aliphatic heterocycles. The molecule has 5 nitrogen and oxygen atoms in total. The van der Waals surface area contributed by atoms with Gasteiger partial charge in [-0.3, -0.25) is 4.79 Å². The molecule has 1 amide bonds. The van der Waals surface area contributed by atoms with Crippen LogP contribution in [0.3, 0.4) is 0 Å². The number of rotatable bonds is 6. The number of halogens is 3. The van der Waals surface area contributed by atoms with Gasteiger partial charge in [-0.15, -0.1) is 0 Å². The molecule has 0 unspecified atom stereocenters. The van der Waals surface area contributed by atoms with Crippen molar-refractivity contribution in [2.45, 2.75) is 17.7 Å². The van der Waals surface area contributed by atoms with Crippen LogP contribution in [-0.2, 0) is 27.7 Å². The Balaban J connectivity index is 1.71. The summed E-state index contributed by atoms with van der Waals surface area (Å²) in [5, 5.41) is 9.52. The highest BCUT2D eigenvalue weighted by molar-refractivity contribution is 7.89. The molecular formula is C21H17Cl3N2O3S. The number of amides is 1. The van der Waals surface area contributed by atoms with Crippen LogP contribution >= 0.6 is 34.8 Å². The summed E-state index contributed by atoms with van der Waals surface area (Å²) >= 11 is 18.6. The smallest absolute Gasteiger partial charge is 0.238 e. The van der Waals surface area contributed by atoms with Crippen LogP contribution in [0.2, 0.25) is 15.1 Å². The second-order valence-electron chi connectivity index (χ2n) is 6.63. The van der Waals surface area contributed by atoms with Crippen LogP contribution in [0.5, 0.6) is 0 Å². The molecule has 0 aliphatic carbocycles. The van der Waals surface area contributed by atoms with E-state index < -0.39 is 10.0 Å². The van der Waals surface area contributed by atoms with Crippen molar-refractivity contribution in [2.75, 3.05) is 5.32 Å². The molecule has 0 heterocycles. The fourth-order valence-corrected chi connectivity index (χ4v) is 3.95. The monoisotopic (exact) mass is 482 g/mol. The zero-order valence-electron chi connectivity index (χ0n) is 15.5. The molecule has 0 saturated heterocycles. The zero-order valence-corrected chi connectivity index (χ0v) is 18.6. The molecule has 0 aromatic heterocycles. The van der Waals surface area contributed by atoms with Gasteiger partial charge < -0.3 is 5.32 Å². The minimum atomic E-state index is -3.78. The first-order chi connectivity index (χ1) is 14.1. The largest absolute Gasteiger partial charge is 0.326 e. The Kier molecular flexibility index (Phi) is 7.06. The summed E-state index contributed by atoms with van der Waals surface area (Å²) in [6, 6.07) is 16.2. The molecule has 30 heavy (non-hydrogen) atoms. The summed E-state index contributed by atoms with van der Waals surface area (Å²) in [6.07, 6.45) is 0.590. The maximum atomic E-state index is 12.4. The summed E-state index contributed by atoms with van der Waals surface area (Å²) in [5.74, 6) is -0.257. The van der Waals surface area contributed by atoms with Gasteiger partial charge in [-0.25, -0.2) is 13.6 Å². The van der Waals surface area contributed by atoms with Gasteiger partial charge in [0.1, 0.15) is 0 Å². The lowest BCUT2D eigenvalue weighted by molar-refractivity contribution is -0.115. The first-order valence-corrected chi connectivity index (χ1v) is 11.4. The molecule has 9 heteroatoms. The van der Waals surface area contributed by atoms with E-state index >= 15 is 0 Å². The summed E-state index contributed by atoms with van der Waals surface area (Å²) in [5.41, 5.74) is 2.89. The Labute approximate surface area is 189 Å². The van der Waals surface area contributed by atoms with Gasteiger partial charge in [-0.05, 0) is 65.2 Å². The van der Waals surface area contributed by atoms with Gasteiger partial charge in [-0.1, -0.05) is 46.9 Å². The van der Waals surface area contributed by atoms with Gasteiger partial charge >= 0.3 is 0 Å². The van der Waals surface area contributed by atoms with E-state index in [0.29, 0.717) is 27.2 Å². The van der Waals surface area contributed by atoms with E-state index in [1.807, 2.05) is 6.07 Å². The fourth-order valence-electron chi connectivity index (χ4n) is 2.88. The van der Waals surface area contributed by atoms with Crippen molar-refractivity contribution >= 4 is 56.4 Å². The van der Waals surface area contributed by atoms with Crippen molar-refractivity contribution in [3.05, 3.63) is 92.4 Å². The number of carbonyl (C=O) groups excluding carboxylic acids is 1. The zero-order chi connectivity index (χ0) is 21.9. The Bertz CT molecular complexity index is 1200. The van der Waals surface area contributed by atoms with Crippen LogP contribution in [0, 0.1) is 0 Å². The molecule has 0 bridgehead atoms. The quantitative estimate of drug-likeness (QED) is 0.513. The first kappa shape index (κ1) is 22.6. The summed E-state index contributed by atoms with van der Waals surface area (Å²) in [7, 11) is -3.78. The van der Waals surface area contributed by atoms with Crippen molar-refractivity contribution in [3.63, 3.8) is 0 Å². The SMILES string of the molecule is NS(=O)(=O)c1ccc(NC(=O)Cc2ccc(Cl)c(Cc3cc(Cl)ccc3Cl)c2)cc1. The van der Waals surface area contributed by atoms with Crippen LogP contribution in [0.1, 0.15) is 16.7 Å². The van der Waals surface area contributed by atoms with E-state index in [2.05, 4.69) is 5.32 Å². The van der Waals surface area contributed by atoms with Crippen LogP contribution in [-0.4, -0.2) is 14.3 Å². The van der Waals surface area contributed by atoms with Crippen molar-refractivity contribution in [2.24, 2.45) is 5.14 Å². The molecule has 3 aromatic carbocycles. The van der Waals surface area contributed by atoms with E-state index in [1.54, 1.807) is 30.3 Å². The van der Waals surface area contributed by atoms with Crippen molar-refractivity contribution in [1.29, 1.82) is 0 Å². The molecule has 0 saturated carbocycles. The number of nitrogens with one attached hydrogen (secondary N) is 1. The average Bonchev–Trinajstić information content (AvgIpc) is 2.67. The molecule has 156 valence electrons. The van der Waals surface area contributed by atoms with E-state index in [0.717, 1.165) is 16.7 Å². The van der Waals surface area contributed by atoms with E-state index in [4.69, 9.17) is 39.9 Å². The second kappa shape index (κ2) is 9.37. The Hall–Kier alpha value is -2.09. The average molecular weight is 484 g/mol. The number of sulfonamides is 1. The number of hydrogen-bond acceptors (Lipinski definition) is 3. The molecular weight excluding hydrogens is 467 g/mol. The first-order valence-electron chi connectivity index (χ1n) is 8.76.